The first-order chi connectivity index (χ1) is 21.9. The second kappa shape index (κ2) is 11.3. The standard InChI is InChI=1S/C33H28ClN7O3S/c1-44-32-26(8-10-30(34)38-32)33(40-18-16-39(17-19-40)25-11-14-36-15-12-25)22-41(28-9-7-23(21-35)20-27(28)33)45(42,43)29-6-2-4-24-5-3-13-37-31(24)29/h2-15,20H,16-19,22H2,1H3. The number of benzene rings is 2. The number of rotatable bonds is 6. The zero-order chi connectivity index (χ0) is 31.2. The maximum Gasteiger partial charge on any atom is 0.266 e. The molecule has 2 aromatic carbocycles. The molecule has 5 heterocycles. The van der Waals surface area contributed by atoms with Crippen molar-refractivity contribution < 1.29 is 13.2 Å². The Morgan fingerprint density at radius 1 is 0.933 bits per heavy atom. The van der Waals surface area contributed by atoms with E-state index in [1.54, 1.807) is 61.1 Å². The average molecular weight is 638 g/mol. The van der Waals surface area contributed by atoms with Gasteiger partial charge in [-0.15, -0.1) is 0 Å². The molecule has 2 aliphatic rings. The van der Waals surface area contributed by atoms with Gasteiger partial charge in [-0.2, -0.15) is 5.26 Å². The van der Waals surface area contributed by atoms with Gasteiger partial charge in [-0.1, -0.05) is 29.8 Å². The van der Waals surface area contributed by atoms with Gasteiger partial charge in [-0.3, -0.25) is 19.2 Å². The molecule has 1 saturated heterocycles. The Labute approximate surface area is 266 Å². The number of anilines is 2. The van der Waals surface area contributed by atoms with E-state index in [-0.39, 0.29) is 16.6 Å². The molecule has 0 aliphatic carbocycles. The number of ether oxygens (including phenoxy) is 1. The highest BCUT2D eigenvalue weighted by atomic mass is 35.5. The minimum absolute atomic E-state index is 0.0255. The van der Waals surface area contributed by atoms with Crippen LogP contribution in [-0.4, -0.2) is 68.1 Å². The summed E-state index contributed by atoms with van der Waals surface area (Å²) in [6.07, 6.45) is 5.14. The molecule has 5 aromatic rings. The van der Waals surface area contributed by atoms with Crippen molar-refractivity contribution in [1.82, 2.24) is 19.9 Å². The smallest absolute Gasteiger partial charge is 0.266 e. The molecule has 226 valence electrons. The summed E-state index contributed by atoms with van der Waals surface area (Å²) in [6, 6.07) is 23.7. The van der Waals surface area contributed by atoms with Crippen molar-refractivity contribution in [2.75, 3.05) is 49.0 Å². The number of nitriles is 1. The minimum Gasteiger partial charge on any atom is -0.481 e. The minimum atomic E-state index is -4.14. The van der Waals surface area contributed by atoms with E-state index >= 15 is 0 Å². The fraction of sp³-hybridized carbons (Fsp3) is 0.212. The van der Waals surface area contributed by atoms with Crippen LogP contribution in [0.25, 0.3) is 10.9 Å². The lowest BCUT2D eigenvalue weighted by Crippen LogP contribution is -2.58. The van der Waals surface area contributed by atoms with E-state index in [9.17, 15) is 13.7 Å². The lowest BCUT2D eigenvalue weighted by atomic mass is 9.82. The second-order valence-electron chi connectivity index (χ2n) is 10.9. The number of nitrogens with zero attached hydrogens (tertiary/aromatic N) is 7. The maximum atomic E-state index is 14.7. The van der Waals surface area contributed by atoms with Crippen LogP contribution in [0.1, 0.15) is 16.7 Å². The van der Waals surface area contributed by atoms with Crippen molar-refractivity contribution in [3.05, 3.63) is 113 Å². The van der Waals surface area contributed by atoms with Gasteiger partial charge in [0.15, 0.2) is 0 Å². The molecule has 1 fully saturated rings. The van der Waals surface area contributed by atoms with E-state index in [1.807, 2.05) is 30.3 Å². The molecule has 2 aliphatic heterocycles. The van der Waals surface area contributed by atoms with Crippen molar-refractivity contribution in [2.45, 2.75) is 10.4 Å². The summed E-state index contributed by atoms with van der Waals surface area (Å²) in [4.78, 5) is 17.8. The van der Waals surface area contributed by atoms with Crippen LogP contribution in [0.5, 0.6) is 5.88 Å². The normalized spacial score (nSPS) is 18.5. The Hall–Kier alpha value is -4.76. The first-order valence-corrected chi connectivity index (χ1v) is 16.2. The van der Waals surface area contributed by atoms with E-state index in [2.05, 4.69) is 30.8 Å². The highest BCUT2D eigenvalue weighted by Crippen LogP contribution is 2.52. The fourth-order valence-corrected chi connectivity index (χ4v) is 8.43. The van der Waals surface area contributed by atoms with Gasteiger partial charge in [-0.25, -0.2) is 13.4 Å². The van der Waals surface area contributed by atoms with E-state index in [0.717, 1.165) is 11.1 Å². The van der Waals surface area contributed by atoms with Crippen molar-refractivity contribution in [3.63, 3.8) is 0 Å². The number of hydrogen-bond acceptors (Lipinski definition) is 9. The SMILES string of the molecule is COc1nc(Cl)ccc1C1(N2CCN(c3ccncc3)CC2)CN(S(=O)(=O)c2cccc3cccnc23)c2ccc(C#N)cc21. The molecular weight excluding hydrogens is 610 g/mol. The van der Waals surface area contributed by atoms with Crippen molar-refractivity contribution in [1.29, 1.82) is 5.26 Å². The number of methoxy groups -OCH3 is 1. The predicted molar refractivity (Wildman–Crippen MR) is 172 cm³/mol. The number of para-hydroxylation sites is 1. The number of pyridine rings is 3. The van der Waals surface area contributed by atoms with Crippen LogP contribution in [0.15, 0.2) is 96.3 Å². The molecule has 1 atom stereocenters. The zero-order valence-electron chi connectivity index (χ0n) is 24.3. The van der Waals surface area contributed by atoms with Crippen LogP contribution >= 0.6 is 11.6 Å². The molecule has 10 nitrogen and oxygen atoms in total. The van der Waals surface area contributed by atoms with Gasteiger partial charge in [0.25, 0.3) is 10.0 Å². The molecule has 0 bridgehead atoms. The molecule has 0 amide bonds. The molecule has 45 heavy (non-hydrogen) atoms. The number of hydrogen-bond donors (Lipinski definition) is 0. The summed E-state index contributed by atoms with van der Waals surface area (Å²) >= 11 is 6.33. The number of piperazine rings is 1. The van der Waals surface area contributed by atoms with Gasteiger partial charge in [-0.05, 0) is 54.6 Å². The molecule has 0 radical (unpaired) electrons. The quantitative estimate of drug-likeness (QED) is 0.241. The molecule has 1 unspecified atom stereocenters. The molecular formula is C33H28ClN7O3S. The predicted octanol–water partition coefficient (Wildman–Crippen LogP) is 4.83. The van der Waals surface area contributed by atoms with Crippen LogP contribution in [0.2, 0.25) is 5.15 Å². The summed E-state index contributed by atoms with van der Waals surface area (Å²) in [5, 5.41) is 10.9. The molecule has 7 rings (SSSR count). The summed E-state index contributed by atoms with van der Waals surface area (Å²) in [5.41, 5.74) is 2.65. The Balaban J connectivity index is 1.42. The van der Waals surface area contributed by atoms with Gasteiger partial charge >= 0.3 is 0 Å². The van der Waals surface area contributed by atoms with E-state index in [4.69, 9.17) is 16.3 Å². The van der Waals surface area contributed by atoms with Crippen LogP contribution in [0, 0.1) is 11.3 Å². The van der Waals surface area contributed by atoms with Crippen LogP contribution in [0.4, 0.5) is 11.4 Å². The molecule has 0 N–H and O–H groups in total. The third-order valence-corrected chi connectivity index (χ3v) is 10.7. The first-order valence-electron chi connectivity index (χ1n) is 14.4. The summed E-state index contributed by atoms with van der Waals surface area (Å²) in [7, 11) is -2.62. The molecule has 12 heteroatoms. The largest absolute Gasteiger partial charge is 0.481 e. The van der Waals surface area contributed by atoms with E-state index < -0.39 is 15.6 Å². The molecule has 0 spiro atoms. The van der Waals surface area contributed by atoms with Gasteiger partial charge in [0.2, 0.25) is 5.88 Å². The highest BCUT2D eigenvalue weighted by molar-refractivity contribution is 7.93. The lowest BCUT2D eigenvalue weighted by molar-refractivity contribution is 0.124. The van der Waals surface area contributed by atoms with Gasteiger partial charge in [0.1, 0.15) is 10.0 Å². The number of halogens is 1. The zero-order valence-corrected chi connectivity index (χ0v) is 25.9. The third kappa shape index (κ3) is 4.73. The number of fused-ring (bicyclic) bond motifs is 2. The topological polar surface area (TPSA) is 116 Å². The van der Waals surface area contributed by atoms with Crippen LogP contribution in [0.3, 0.4) is 0 Å². The first kappa shape index (κ1) is 29.0. The van der Waals surface area contributed by atoms with E-state index in [1.165, 1.54) is 11.4 Å². The van der Waals surface area contributed by atoms with Crippen LogP contribution < -0.4 is 13.9 Å². The Bertz CT molecular complexity index is 2060. The van der Waals surface area contributed by atoms with E-state index in [0.29, 0.717) is 60.0 Å². The Morgan fingerprint density at radius 2 is 1.71 bits per heavy atom. The monoisotopic (exact) mass is 637 g/mol. The lowest BCUT2D eigenvalue weighted by Gasteiger charge is -2.47. The molecule has 3 aromatic heterocycles. The highest BCUT2D eigenvalue weighted by Gasteiger charge is 2.54. The number of sulfonamides is 1. The van der Waals surface area contributed by atoms with Crippen molar-refractivity contribution >= 4 is 43.9 Å². The van der Waals surface area contributed by atoms with Crippen molar-refractivity contribution in [3.8, 4) is 11.9 Å². The van der Waals surface area contributed by atoms with Gasteiger partial charge in [0, 0.05) is 67.0 Å². The van der Waals surface area contributed by atoms with Crippen LogP contribution in [-0.2, 0) is 15.6 Å². The number of aromatic nitrogens is 3. The maximum absolute atomic E-state index is 14.7. The summed E-state index contributed by atoms with van der Waals surface area (Å²) in [6.45, 7) is 2.57. The summed E-state index contributed by atoms with van der Waals surface area (Å²) < 4.78 is 36.7. The van der Waals surface area contributed by atoms with Gasteiger partial charge in [0.05, 0.1) is 42.0 Å². The van der Waals surface area contributed by atoms with Gasteiger partial charge < -0.3 is 9.64 Å². The third-order valence-electron chi connectivity index (χ3n) is 8.69. The second-order valence-corrected chi connectivity index (χ2v) is 13.1. The fourth-order valence-electron chi connectivity index (χ4n) is 6.61. The molecule has 0 saturated carbocycles. The Kier molecular flexibility index (Phi) is 7.28. The summed E-state index contributed by atoms with van der Waals surface area (Å²) in [5.74, 6) is 0.290. The van der Waals surface area contributed by atoms with Crippen molar-refractivity contribution in [2.24, 2.45) is 0 Å². The Morgan fingerprint density at radius 3 is 2.47 bits per heavy atom. The average Bonchev–Trinajstić information content (AvgIpc) is 3.44.